The third kappa shape index (κ3) is 2.76. The van der Waals surface area contributed by atoms with E-state index in [0.29, 0.717) is 0 Å². The molecule has 1 aliphatic heterocycles. The third-order valence-electron chi connectivity index (χ3n) is 2.96. The summed E-state index contributed by atoms with van der Waals surface area (Å²) in [6, 6.07) is 0.816. The molecule has 12 heavy (non-hydrogen) atoms. The first-order valence-electron chi connectivity index (χ1n) is 5.39. The lowest BCUT2D eigenvalue weighted by Gasteiger charge is -2.09. The molecule has 70 valence electrons. The molecule has 1 saturated carbocycles. The molecule has 2 N–H and O–H groups in total. The van der Waals surface area contributed by atoms with Crippen molar-refractivity contribution in [2.45, 2.75) is 38.1 Å². The van der Waals surface area contributed by atoms with Gasteiger partial charge in [0.05, 0.1) is 0 Å². The molecule has 2 rings (SSSR count). The highest BCUT2D eigenvalue weighted by molar-refractivity contribution is 4.77. The van der Waals surface area contributed by atoms with Crippen molar-refractivity contribution in [3.8, 4) is 0 Å². The lowest BCUT2D eigenvalue weighted by molar-refractivity contribution is 0.516. The summed E-state index contributed by atoms with van der Waals surface area (Å²) in [5, 5.41) is 7.05. The normalized spacial score (nSPS) is 29.5. The zero-order valence-corrected chi connectivity index (χ0v) is 7.81. The molecule has 2 aliphatic rings. The standard InChI is InChI=1S/C10H20N2/c1-2-10(12-6-1)5-7-11-8-9-3-4-9/h9-12H,1-8H2. The number of hydrogen-bond donors (Lipinski definition) is 2. The van der Waals surface area contributed by atoms with E-state index in [1.165, 1.54) is 51.7 Å². The van der Waals surface area contributed by atoms with Gasteiger partial charge in [-0.3, -0.25) is 0 Å². The maximum atomic E-state index is 3.53. The largest absolute Gasteiger partial charge is 0.316 e. The third-order valence-corrected chi connectivity index (χ3v) is 2.96. The van der Waals surface area contributed by atoms with Crippen molar-refractivity contribution in [3.05, 3.63) is 0 Å². The Hall–Kier alpha value is -0.0800. The Bertz CT molecular complexity index is 126. The van der Waals surface area contributed by atoms with Crippen LogP contribution in [0.25, 0.3) is 0 Å². The van der Waals surface area contributed by atoms with Gasteiger partial charge in [-0.1, -0.05) is 0 Å². The molecule has 0 aromatic rings. The SMILES string of the molecule is C1CNC(CCNCC2CC2)C1. The van der Waals surface area contributed by atoms with Crippen molar-refractivity contribution in [2.24, 2.45) is 5.92 Å². The van der Waals surface area contributed by atoms with Gasteiger partial charge in [0, 0.05) is 6.04 Å². The molecule has 0 aromatic heterocycles. The van der Waals surface area contributed by atoms with Crippen molar-refractivity contribution >= 4 is 0 Å². The molecular weight excluding hydrogens is 148 g/mol. The Morgan fingerprint density at radius 1 is 1.25 bits per heavy atom. The molecular formula is C10H20N2. The Balaban J connectivity index is 1.44. The smallest absolute Gasteiger partial charge is 0.00796 e. The molecule has 0 aromatic carbocycles. The Morgan fingerprint density at radius 2 is 2.17 bits per heavy atom. The molecule has 0 spiro atoms. The number of nitrogens with one attached hydrogen (secondary N) is 2. The predicted octanol–water partition coefficient (Wildman–Crippen LogP) is 1.13. The van der Waals surface area contributed by atoms with Crippen molar-refractivity contribution in [2.75, 3.05) is 19.6 Å². The van der Waals surface area contributed by atoms with E-state index < -0.39 is 0 Å². The van der Waals surface area contributed by atoms with Crippen LogP contribution in [0.15, 0.2) is 0 Å². The summed E-state index contributed by atoms with van der Waals surface area (Å²) in [5.41, 5.74) is 0. The van der Waals surface area contributed by atoms with Gasteiger partial charge in [0.15, 0.2) is 0 Å². The zero-order valence-electron chi connectivity index (χ0n) is 7.81. The van der Waals surface area contributed by atoms with Gasteiger partial charge in [-0.15, -0.1) is 0 Å². The van der Waals surface area contributed by atoms with Gasteiger partial charge in [-0.2, -0.15) is 0 Å². The van der Waals surface area contributed by atoms with Gasteiger partial charge < -0.3 is 10.6 Å². The zero-order chi connectivity index (χ0) is 8.23. The predicted molar refractivity (Wildman–Crippen MR) is 51.2 cm³/mol. The summed E-state index contributed by atoms with van der Waals surface area (Å²) in [4.78, 5) is 0. The molecule has 2 nitrogen and oxygen atoms in total. The number of hydrogen-bond acceptors (Lipinski definition) is 2. The summed E-state index contributed by atoms with van der Waals surface area (Å²) < 4.78 is 0. The quantitative estimate of drug-likeness (QED) is 0.601. The maximum Gasteiger partial charge on any atom is 0.00796 e. The fourth-order valence-corrected chi connectivity index (χ4v) is 1.91. The van der Waals surface area contributed by atoms with Crippen LogP contribution in [0.5, 0.6) is 0 Å². The minimum absolute atomic E-state index is 0.816. The molecule has 0 amide bonds. The fraction of sp³-hybridized carbons (Fsp3) is 1.00. The first kappa shape index (κ1) is 8.52. The molecule has 2 heteroatoms. The topological polar surface area (TPSA) is 24.1 Å². The van der Waals surface area contributed by atoms with Crippen LogP contribution < -0.4 is 10.6 Å². The Morgan fingerprint density at radius 3 is 2.83 bits per heavy atom. The minimum Gasteiger partial charge on any atom is -0.316 e. The summed E-state index contributed by atoms with van der Waals surface area (Å²) in [6.45, 7) is 3.73. The fourth-order valence-electron chi connectivity index (χ4n) is 1.91. The van der Waals surface area contributed by atoms with E-state index in [1.807, 2.05) is 0 Å². The average Bonchev–Trinajstić information content (AvgIpc) is 2.76. The van der Waals surface area contributed by atoms with Crippen LogP contribution in [0, 0.1) is 5.92 Å². The van der Waals surface area contributed by atoms with Crippen molar-refractivity contribution in [1.82, 2.24) is 10.6 Å². The molecule has 1 unspecified atom stereocenters. The monoisotopic (exact) mass is 168 g/mol. The molecule has 1 atom stereocenters. The van der Waals surface area contributed by atoms with Gasteiger partial charge in [0.25, 0.3) is 0 Å². The van der Waals surface area contributed by atoms with Gasteiger partial charge in [0.2, 0.25) is 0 Å². The first-order valence-corrected chi connectivity index (χ1v) is 5.39. The number of rotatable bonds is 5. The summed E-state index contributed by atoms with van der Waals surface area (Å²) >= 11 is 0. The lowest BCUT2D eigenvalue weighted by Crippen LogP contribution is -2.27. The summed E-state index contributed by atoms with van der Waals surface area (Å²) in [5.74, 6) is 1.03. The second-order valence-corrected chi connectivity index (χ2v) is 4.23. The van der Waals surface area contributed by atoms with Gasteiger partial charge in [-0.25, -0.2) is 0 Å². The minimum atomic E-state index is 0.816. The van der Waals surface area contributed by atoms with E-state index in [1.54, 1.807) is 0 Å². The van der Waals surface area contributed by atoms with Crippen LogP contribution in [-0.2, 0) is 0 Å². The van der Waals surface area contributed by atoms with Crippen LogP contribution in [0.2, 0.25) is 0 Å². The van der Waals surface area contributed by atoms with Crippen LogP contribution in [-0.4, -0.2) is 25.7 Å². The van der Waals surface area contributed by atoms with E-state index >= 15 is 0 Å². The van der Waals surface area contributed by atoms with Crippen molar-refractivity contribution in [1.29, 1.82) is 0 Å². The highest BCUT2D eigenvalue weighted by atomic mass is 14.9. The van der Waals surface area contributed by atoms with Gasteiger partial charge in [-0.05, 0) is 57.7 Å². The second-order valence-electron chi connectivity index (χ2n) is 4.23. The molecule has 1 saturated heterocycles. The van der Waals surface area contributed by atoms with Gasteiger partial charge >= 0.3 is 0 Å². The summed E-state index contributed by atoms with van der Waals surface area (Å²) in [6.07, 6.45) is 7.04. The average molecular weight is 168 g/mol. The highest BCUT2D eigenvalue weighted by Crippen LogP contribution is 2.27. The Labute approximate surface area is 75.1 Å². The van der Waals surface area contributed by atoms with Crippen LogP contribution >= 0.6 is 0 Å². The van der Waals surface area contributed by atoms with Crippen LogP contribution in [0.3, 0.4) is 0 Å². The molecule has 0 bridgehead atoms. The first-order chi connectivity index (χ1) is 5.95. The molecule has 1 aliphatic carbocycles. The van der Waals surface area contributed by atoms with E-state index in [0.717, 1.165) is 12.0 Å². The molecule has 0 radical (unpaired) electrons. The Kier molecular flexibility index (Phi) is 3.01. The van der Waals surface area contributed by atoms with Gasteiger partial charge in [0.1, 0.15) is 0 Å². The van der Waals surface area contributed by atoms with Crippen molar-refractivity contribution < 1.29 is 0 Å². The van der Waals surface area contributed by atoms with Crippen LogP contribution in [0.4, 0.5) is 0 Å². The second kappa shape index (κ2) is 4.24. The maximum absolute atomic E-state index is 3.53. The van der Waals surface area contributed by atoms with E-state index in [9.17, 15) is 0 Å². The molecule has 1 heterocycles. The van der Waals surface area contributed by atoms with Crippen LogP contribution in [0.1, 0.15) is 32.1 Å². The van der Waals surface area contributed by atoms with Crippen molar-refractivity contribution in [3.63, 3.8) is 0 Å². The summed E-state index contributed by atoms with van der Waals surface area (Å²) in [7, 11) is 0. The van der Waals surface area contributed by atoms with E-state index in [4.69, 9.17) is 0 Å². The highest BCUT2D eigenvalue weighted by Gasteiger charge is 2.20. The van der Waals surface area contributed by atoms with E-state index in [-0.39, 0.29) is 0 Å². The molecule has 2 fully saturated rings. The van der Waals surface area contributed by atoms with E-state index in [2.05, 4.69) is 10.6 Å². The lowest BCUT2D eigenvalue weighted by atomic mass is 10.1.